The molecule has 1 heterocycles. The van der Waals surface area contributed by atoms with Gasteiger partial charge in [-0.25, -0.2) is 4.79 Å². The fourth-order valence-corrected chi connectivity index (χ4v) is 1.67. The molecule has 0 amide bonds. The van der Waals surface area contributed by atoms with Crippen LogP contribution in [0.2, 0.25) is 0 Å². The number of aryl methyl sites for hydroxylation is 2. The number of carbonyl (C=O) groups excluding carboxylic acids is 1. The van der Waals surface area contributed by atoms with Gasteiger partial charge in [-0.1, -0.05) is 17.7 Å². The van der Waals surface area contributed by atoms with E-state index >= 15 is 0 Å². The van der Waals surface area contributed by atoms with Crippen LogP contribution < -0.4 is 4.73 Å². The maximum atomic E-state index is 12.0. The van der Waals surface area contributed by atoms with E-state index in [1.54, 1.807) is 19.1 Å². The van der Waals surface area contributed by atoms with E-state index in [1.807, 2.05) is 19.1 Å². The van der Waals surface area contributed by atoms with E-state index in [0.717, 1.165) is 5.56 Å². The third kappa shape index (κ3) is 1.95. The van der Waals surface area contributed by atoms with Crippen LogP contribution in [0.5, 0.6) is 0 Å². The van der Waals surface area contributed by atoms with E-state index < -0.39 is 5.97 Å². The first kappa shape index (κ1) is 12.2. The third-order valence-electron chi connectivity index (χ3n) is 2.65. The van der Waals surface area contributed by atoms with Gasteiger partial charge in [0.1, 0.15) is 0 Å². The Hall–Kier alpha value is -2.30. The molecule has 0 fully saturated rings. The van der Waals surface area contributed by atoms with Crippen LogP contribution in [0.15, 0.2) is 28.7 Å². The molecule has 2 aromatic rings. The summed E-state index contributed by atoms with van der Waals surface area (Å²) in [7, 11) is 1.22. The van der Waals surface area contributed by atoms with Crippen molar-refractivity contribution in [1.29, 1.82) is 0 Å². The first-order chi connectivity index (χ1) is 8.54. The van der Waals surface area contributed by atoms with E-state index in [-0.39, 0.29) is 17.3 Å². The summed E-state index contributed by atoms with van der Waals surface area (Å²) in [6, 6.07) is 7.27. The Kier molecular flexibility index (Phi) is 3.06. The fourth-order valence-electron chi connectivity index (χ4n) is 1.67. The number of esters is 1. The van der Waals surface area contributed by atoms with Crippen LogP contribution in [0.1, 0.15) is 21.8 Å². The van der Waals surface area contributed by atoms with Crippen molar-refractivity contribution < 1.29 is 18.7 Å². The van der Waals surface area contributed by atoms with Gasteiger partial charge in [0.05, 0.1) is 12.7 Å². The van der Waals surface area contributed by atoms with Crippen molar-refractivity contribution in [3.05, 3.63) is 46.5 Å². The Balaban J connectivity index is 2.53. The summed E-state index contributed by atoms with van der Waals surface area (Å²) >= 11 is 0. The molecule has 0 bridgehead atoms. The van der Waals surface area contributed by atoms with Gasteiger partial charge in [0.25, 0.3) is 0 Å². The Bertz CT molecular complexity index is 584. The highest BCUT2D eigenvalue weighted by Gasteiger charge is 2.30. The Morgan fingerprint density at radius 1 is 1.28 bits per heavy atom. The molecule has 0 saturated carbocycles. The summed E-state index contributed by atoms with van der Waals surface area (Å²) in [5.41, 5.74) is 1.58. The quantitative estimate of drug-likeness (QED) is 0.462. The minimum atomic E-state index is -0.704. The predicted octanol–water partition coefficient (Wildman–Crippen LogP) is 1.98. The number of ether oxygens (including phenoxy) is 1. The lowest BCUT2D eigenvalue weighted by Gasteiger charge is -1.99. The Labute approximate surface area is 104 Å². The van der Waals surface area contributed by atoms with Crippen molar-refractivity contribution in [3.8, 4) is 11.5 Å². The zero-order chi connectivity index (χ0) is 13.3. The number of methoxy groups -OCH3 is 1. The molecule has 0 aliphatic rings. The molecule has 0 saturated heterocycles. The molecule has 0 unspecified atom stereocenters. The average molecular weight is 247 g/mol. The summed E-state index contributed by atoms with van der Waals surface area (Å²) in [5.74, 6) is -0.370. The predicted molar refractivity (Wildman–Crippen MR) is 63.9 cm³/mol. The highest BCUT2D eigenvalue weighted by atomic mass is 16.5. The molecule has 1 aromatic heterocycles. The smallest absolute Gasteiger partial charge is 0.408 e. The average Bonchev–Trinajstić information content (AvgIpc) is 2.65. The molecule has 1 aromatic carbocycles. The molecule has 94 valence electrons. The van der Waals surface area contributed by atoms with Crippen molar-refractivity contribution in [1.82, 2.24) is 0 Å². The van der Waals surface area contributed by atoms with Gasteiger partial charge in [0.15, 0.2) is 5.76 Å². The Morgan fingerprint density at radius 3 is 2.44 bits per heavy atom. The summed E-state index contributed by atoms with van der Waals surface area (Å²) < 4.78 is 10.4. The second-order valence-electron chi connectivity index (χ2n) is 3.96. The van der Waals surface area contributed by atoms with Crippen LogP contribution in [0.25, 0.3) is 11.5 Å². The van der Waals surface area contributed by atoms with E-state index in [0.29, 0.717) is 10.3 Å². The van der Waals surface area contributed by atoms with Crippen molar-refractivity contribution >= 4 is 5.97 Å². The van der Waals surface area contributed by atoms with Gasteiger partial charge in [-0.2, -0.15) is 0 Å². The fraction of sp³-hybridized carbons (Fsp3) is 0.231. The van der Waals surface area contributed by atoms with Crippen LogP contribution in [-0.4, -0.2) is 13.1 Å². The molecule has 0 aliphatic heterocycles. The molecule has 18 heavy (non-hydrogen) atoms. The molecule has 0 aliphatic carbocycles. The monoisotopic (exact) mass is 247 g/mol. The van der Waals surface area contributed by atoms with Gasteiger partial charge >= 0.3 is 17.6 Å². The van der Waals surface area contributed by atoms with Gasteiger partial charge < -0.3 is 14.4 Å². The maximum Gasteiger partial charge on any atom is 0.408 e. The van der Waals surface area contributed by atoms with Crippen LogP contribution in [0, 0.1) is 19.1 Å². The highest BCUT2D eigenvalue weighted by Crippen LogP contribution is 2.20. The zero-order valence-electron chi connectivity index (χ0n) is 10.4. The lowest BCUT2D eigenvalue weighted by molar-refractivity contribution is -0.599. The number of nitrogens with zero attached hydrogens (tertiary/aromatic N) is 1. The van der Waals surface area contributed by atoms with Crippen molar-refractivity contribution in [3.63, 3.8) is 0 Å². The summed E-state index contributed by atoms with van der Waals surface area (Å²) in [5, 5.41) is 12.0. The van der Waals surface area contributed by atoms with Gasteiger partial charge in [0.2, 0.25) is 0 Å². The van der Waals surface area contributed by atoms with Gasteiger partial charge in [-0.3, -0.25) is 0 Å². The maximum absolute atomic E-state index is 12.0. The summed E-state index contributed by atoms with van der Waals surface area (Å²) in [6.45, 7) is 3.50. The number of hydrogen-bond donors (Lipinski definition) is 0. The topological polar surface area (TPSA) is 66.4 Å². The minimum Gasteiger partial charge on any atom is -0.615 e. The van der Waals surface area contributed by atoms with Gasteiger partial charge in [0, 0.05) is 6.92 Å². The lowest BCUT2D eigenvalue weighted by atomic mass is 10.1. The lowest BCUT2D eigenvalue weighted by Crippen LogP contribution is -2.34. The number of rotatable bonds is 2. The highest BCUT2D eigenvalue weighted by molar-refractivity contribution is 5.86. The van der Waals surface area contributed by atoms with Crippen molar-refractivity contribution in [2.45, 2.75) is 13.8 Å². The van der Waals surface area contributed by atoms with E-state index in [9.17, 15) is 10.0 Å². The van der Waals surface area contributed by atoms with Gasteiger partial charge in [-0.05, 0) is 19.1 Å². The minimum absolute atomic E-state index is 0.0906. The SMILES string of the molecule is COC(=O)c1c(C)oc(-c2ccc(C)cc2)[n+]1[O-]. The first-order valence-electron chi connectivity index (χ1n) is 5.43. The number of carbonyl (C=O) groups is 1. The first-order valence-corrected chi connectivity index (χ1v) is 5.43. The number of benzene rings is 1. The van der Waals surface area contributed by atoms with Gasteiger partial charge in [-0.15, -0.1) is 4.73 Å². The van der Waals surface area contributed by atoms with Crippen LogP contribution in [-0.2, 0) is 4.74 Å². The van der Waals surface area contributed by atoms with E-state index in [2.05, 4.69) is 4.74 Å². The standard InChI is InChI=1S/C13H13NO4/c1-8-4-6-10(7-5-8)12-14(16)11(9(2)18-12)13(15)17-3/h4-7H,1-3H3. The van der Waals surface area contributed by atoms with Crippen molar-refractivity contribution in [2.24, 2.45) is 0 Å². The second kappa shape index (κ2) is 4.52. The molecule has 0 N–H and O–H groups in total. The zero-order valence-corrected chi connectivity index (χ0v) is 10.4. The second-order valence-corrected chi connectivity index (χ2v) is 3.96. The van der Waals surface area contributed by atoms with Crippen LogP contribution in [0.4, 0.5) is 0 Å². The van der Waals surface area contributed by atoms with Crippen LogP contribution in [0.3, 0.4) is 0 Å². The molecule has 0 radical (unpaired) electrons. The molecule has 5 heteroatoms. The van der Waals surface area contributed by atoms with E-state index in [1.165, 1.54) is 7.11 Å². The molecule has 0 spiro atoms. The molecule has 0 atom stereocenters. The number of oxazole rings is 1. The normalized spacial score (nSPS) is 10.4. The van der Waals surface area contributed by atoms with Crippen LogP contribution >= 0.6 is 0 Å². The molecule has 2 rings (SSSR count). The summed E-state index contributed by atoms with van der Waals surface area (Å²) in [6.07, 6.45) is 0. The van der Waals surface area contributed by atoms with E-state index in [4.69, 9.17) is 4.42 Å². The van der Waals surface area contributed by atoms with Crippen molar-refractivity contribution in [2.75, 3.05) is 7.11 Å². The molecular formula is C13H13NO4. The number of aromatic nitrogens is 1. The largest absolute Gasteiger partial charge is 0.615 e. The number of hydrogen-bond acceptors (Lipinski definition) is 4. The Morgan fingerprint density at radius 2 is 1.89 bits per heavy atom. The molecule has 5 nitrogen and oxygen atoms in total. The summed E-state index contributed by atoms with van der Waals surface area (Å²) in [4.78, 5) is 11.5. The third-order valence-corrected chi connectivity index (χ3v) is 2.65. The molecular weight excluding hydrogens is 234 g/mol.